The maximum Gasteiger partial charge on any atom is 0.342 e. The van der Waals surface area contributed by atoms with E-state index in [9.17, 15) is 19.7 Å². The van der Waals surface area contributed by atoms with Crippen LogP contribution in [0.3, 0.4) is 0 Å². The molecule has 0 bridgehead atoms. The van der Waals surface area contributed by atoms with Gasteiger partial charge in [-0.3, -0.25) is 14.9 Å². The van der Waals surface area contributed by atoms with Crippen LogP contribution in [0.25, 0.3) is 0 Å². The molecule has 2 aromatic rings. The number of ether oxygens (including phenoxy) is 2. The fourth-order valence-electron chi connectivity index (χ4n) is 2.30. The number of hydrogen-bond acceptors (Lipinski definition) is 6. The van der Waals surface area contributed by atoms with Crippen molar-refractivity contribution in [1.29, 1.82) is 0 Å². The number of rotatable bonds is 7. The van der Waals surface area contributed by atoms with Crippen LogP contribution < -0.4 is 10.1 Å². The second kappa shape index (κ2) is 9.00. The van der Waals surface area contributed by atoms with Gasteiger partial charge in [-0.2, -0.15) is 0 Å². The fourth-order valence-corrected chi connectivity index (χ4v) is 2.42. The number of nitrogens with zero attached hydrogens (tertiary/aromatic N) is 1. The molecule has 0 unspecified atom stereocenters. The number of esters is 1. The van der Waals surface area contributed by atoms with Gasteiger partial charge in [-0.1, -0.05) is 23.7 Å². The number of carbonyl (C=O) groups excluding carboxylic acids is 2. The first-order valence-corrected chi connectivity index (χ1v) is 8.24. The van der Waals surface area contributed by atoms with Crippen LogP contribution in [0.1, 0.15) is 28.9 Å². The van der Waals surface area contributed by atoms with Crippen molar-refractivity contribution in [3.05, 3.63) is 68.7 Å². The van der Waals surface area contributed by atoms with Crippen molar-refractivity contribution in [3.63, 3.8) is 0 Å². The molecule has 0 saturated carbocycles. The normalized spacial score (nSPS) is 11.4. The maximum atomic E-state index is 12.2. The predicted molar refractivity (Wildman–Crippen MR) is 97.9 cm³/mol. The Morgan fingerprint density at radius 1 is 1.22 bits per heavy atom. The van der Waals surface area contributed by atoms with E-state index in [1.54, 1.807) is 31.2 Å². The Morgan fingerprint density at radius 2 is 1.89 bits per heavy atom. The first-order chi connectivity index (χ1) is 12.8. The van der Waals surface area contributed by atoms with Gasteiger partial charge in [-0.25, -0.2) is 4.79 Å². The lowest BCUT2D eigenvalue weighted by Gasteiger charge is -2.15. The van der Waals surface area contributed by atoms with Crippen molar-refractivity contribution in [2.24, 2.45) is 0 Å². The Bertz CT molecular complexity index is 853. The molecule has 0 fully saturated rings. The Hall–Kier alpha value is -3.13. The molecule has 0 aliphatic rings. The first kappa shape index (κ1) is 20.2. The summed E-state index contributed by atoms with van der Waals surface area (Å²) in [6.45, 7) is 1.23. The number of nitro benzene ring substituents is 1. The number of non-ortho nitro benzene ring substituents is 1. The average molecular weight is 393 g/mol. The predicted octanol–water partition coefficient (Wildman–Crippen LogP) is 3.29. The van der Waals surface area contributed by atoms with Crippen LogP contribution in [0.15, 0.2) is 42.5 Å². The first-order valence-electron chi connectivity index (χ1n) is 7.86. The molecular formula is C18H17ClN2O6. The van der Waals surface area contributed by atoms with E-state index in [2.05, 4.69) is 5.32 Å². The molecule has 0 heterocycles. The van der Waals surface area contributed by atoms with Crippen molar-refractivity contribution >= 4 is 29.2 Å². The molecule has 0 aromatic heterocycles. The number of carbonyl (C=O) groups is 2. The van der Waals surface area contributed by atoms with Crippen LogP contribution in [-0.4, -0.2) is 30.5 Å². The molecule has 27 heavy (non-hydrogen) atoms. The number of nitro groups is 1. The summed E-state index contributed by atoms with van der Waals surface area (Å²) in [6, 6.07) is 10.2. The molecule has 2 rings (SSSR count). The Labute approximate surface area is 160 Å². The van der Waals surface area contributed by atoms with Gasteiger partial charge in [0.25, 0.3) is 11.6 Å². The van der Waals surface area contributed by atoms with Gasteiger partial charge in [0.1, 0.15) is 11.3 Å². The monoisotopic (exact) mass is 392 g/mol. The SMILES string of the molecule is COc1ccc([N+](=O)[O-])cc1C(=O)OCC(=O)N[C@H](C)c1ccc(Cl)cc1. The lowest BCUT2D eigenvalue weighted by atomic mass is 10.1. The highest BCUT2D eigenvalue weighted by atomic mass is 35.5. The fraction of sp³-hybridized carbons (Fsp3) is 0.222. The second-order valence-electron chi connectivity index (χ2n) is 5.56. The maximum absolute atomic E-state index is 12.2. The minimum Gasteiger partial charge on any atom is -0.496 e. The van der Waals surface area contributed by atoms with E-state index in [4.69, 9.17) is 21.1 Å². The van der Waals surface area contributed by atoms with Gasteiger partial charge < -0.3 is 14.8 Å². The molecule has 9 heteroatoms. The van der Waals surface area contributed by atoms with Crippen molar-refractivity contribution in [3.8, 4) is 5.75 Å². The third-order valence-electron chi connectivity index (χ3n) is 3.70. The number of halogens is 1. The van der Waals surface area contributed by atoms with Gasteiger partial charge in [0.05, 0.1) is 18.1 Å². The molecule has 0 spiro atoms. The Morgan fingerprint density at radius 3 is 2.48 bits per heavy atom. The molecule has 0 saturated heterocycles. The molecule has 8 nitrogen and oxygen atoms in total. The molecular weight excluding hydrogens is 376 g/mol. The van der Waals surface area contributed by atoms with E-state index in [1.165, 1.54) is 19.2 Å². The smallest absolute Gasteiger partial charge is 0.342 e. The van der Waals surface area contributed by atoms with Crippen molar-refractivity contribution in [2.75, 3.05) is 13.7 Å². The highest BCUT2D eigenvalue weighted by Gasteiger charge is 2.20. The van der Waals surface area contributed by atoms with Crippen LogP contribution in [0.4, 0.5) is 5.69 Å². The summed E-state index contributed by atoms with van der Waals surface area (Å²) in [7, 11) is 1.32. The van der Waals surface area contributed by atoms with E-state index in [0.29, 0.717) is 5.02 Å². The minimum absolute atomic E-state index is 0.112. The average Bonchev–Trinajstić information content (AvgIpc) is 2.65. The zero-order valence-corrected chi connectivity index (χ0v) is 15.4. The molecule has 0 aliphatic heterocycles. The van der Waals surface area contributed by atoms with Crippen molar-refractivity contribution < 1.29 is 24.0 Å². The summed E-state index contributed by atoms with van der Waals surface area (Å²) in [6.07, 6.45) is 0. The quantitative estimate of drug-likeness (QED) is 0.440. The van der Waals surface area contributed by atoms with Gasteiger partial charge in [0.2, 0.25) is 0 Å². The second-order valence-corrected chi connectivity index (χ2v) is 6.00. The van der Waals surface area contributed by atoms with Gasteiger partial charge >= 0.3 is 5.97 Å². The van der Waals surface area contributed by atoms with Crippen LogP contribution in [0, 0.1) is 10.1 Å². The van der Waals surface area contributed by atoms with E-state index >= 15 is 0 Å². The zero-order valence-electron chi connectivity index (χ0n) is 14.6. The molecule has 0 aliphatic carbocycles. The summed E-state index contributed by atoms with van der Waals surface area (Å²) in [4.78, 5) is 34.4. The summed E-state index contributed by atoms with van der Waals surface area (Å²) < 4.78 is 9.95. The van der Waals surface area contributed by atoms with Gasteiger partial charge in [-0.15, -0.1) is 0 Å². The van der Waals surface area contributed by atoms with Crippen LogP contribution in [-0.2, 0) is 9.53 Å². The van der Waals surface area contributed by atoms with Gasteiger partial charge in [-0.05, 0) is 30.7 Å². The zero-order chi connectivity index (χ0) is 20.0. The van der Waals surface area contributed by atoms with Crippen molar-refractivity contribution in [2.45, 2.75) is 13.0 Å². The van der Waals surface area contributed by atoms with Gasteiger partial charge in [0, 0.05) is 17.2 Å². The number of nitrogens with one attached hydrogen (secondary N) is 1. The lowest BCUT2D eigenvalue weighted by Crippen LogP contribution is -2.31. The highest BCUT2D eigenvalue weighted by molar-refractivity contribution is 6.30. The van der Waals surface area contributed by atoms with E-state index in [1.807, 2.05) is 0 Å². The number of methoxy groups -OCH3 is 1. The summed E-state index contributed by atoms with van der Waals surface area (Å²) in [5, 5.41) is 14.1. The van der Waals surface area contributed by atoms with Crippen LogP contribution in [0.2, 0.25) is 5.02 Å². The molecule has 1 N–H and O–H groups in total. The molecule has 1 amide bonds. The highest BCUT2D eigenvalue weighted by Crippen LogP contribution is 2.24. The number of benzene rings is 2. The summed E-state index contributed by atoms with van der Waals surface area (Å²) in [5.74, 6) is -1.31. The third-order valence-corrected chi connectivity index (χ3v) is 3.95. The van der Waals surface area contributed by atoms with E-state index in [-0.39, 0.29) is 23.0 Å². The van der Waals surface area contributed by atoms with Crippen LogP contribution >= 0.6 is 11.6 Å². The summed E-state index contributed by atoms with van der Waals surface area (Å²) in [5.41, 5.74) is 0.410. The van der Waals surface area contributed by atoms with Crippen LogP contribution in [0.5, 0.6) is 5.75 Å². The topological polar surface area (TPSA) is 108 Å². The Kier molecular flexibility index (Phi) is 6.73. The summed E-state index contributed by atoms with van der Waals surface area (Å²) >= 11 is 5.82. The molecule has 142 valence electrons. The van der Waals surface area contributed by atoms with Gasteiger partial charge in [0.15, 0.2) is 6.61 Å². The minimum atomic E-state index is -0.898. The third kappa shape index (κ3) is 5.42. The van der Waals surface area contributed by atoms with Crippen molar-refractivity contribution in [1.82, 2.24) is 5.32 Å². The largest absolute Gasteiger partial charge is 0.496 e. The number of amides is 1. The Balaban J connectivity index is 1.98. The van der Waals surface area contributed by atoms with E-state index in [0.717, 1.165) is 11.6 Å². The molecule has 1 atom stereocenters. The number of hydrogen-bond donors (Lipinski definition) is 1. The lowest BCUT2D eigenvalue weighted by molar-refractivity contribution is -0.384. The molecule has 2 aromatic carbocycles. The standard InChI is InChI=1S/C18H17ClN2O6/c1-11(12-3-5-13(19)6-4-12)20-17(22)10-27-18(23)15-9-14(21(24)25)7-8-16(15)26-2/h3-9,11H,10H2,1-2H3,(H,20,22)/t11-/m1/s1. The van der Waals surface area contributed by atoms with E-state index < -0.39 is 23.4 Å². The molecule has 0 radical (unpaired) electrons.